The summed E-state index contributed by atoms with van der Waals surface area (Å²) in [6, 6.07) is 7.20. The highest BCUT2D eigenvalue weighted by Crippen LogP contribution is 2.28. The number of urea groups is 1. The van der Waals surface area contributed by atoms with Gasteiger partial charge in [-0.2, -0.15) is 0 Å². The van der Waals surface area contributed by atoms with Crippen molar-refractivity contribution < 1.29 is 9.53 Å². The molecule has 0 aromatic carbocycles. The number of anilines is 1. The van der Waals surface area contributed by atoms with Crippen LogP contribution in [0.15, 0.2) is 29.6 Å². The molecule has 19 heavy (non-hydrogen) atoms. The predicted octanol–water partition coefficient (Wildman–Crippen LogP) is 3.97. The molecule has 0 spiro atoms. The van der Waals surface area contributed by atoms with E-state index < -0.39 is 0 Å². The van der Waals surface area contributed by atoms with Crippen LogP contribution in [0.4, 0.5) is 9.80 Å². The maximum Gasteiger partial charge on any atom is 0.319 e. The minimum atomic E-state index is -0.243. The Kier molecular flexibility index (Phi) is 5.21. The molecule has 0 bridgehead atoms. The van der Waals surface area contributed by atoms with E-state index in [0.29, 0.717) is 10.9 Å². The average Bonchev–Trinajstić information content (AvgIpc) is 3.02. The molecular formula is C12H13ClN2O2S2. The third kappa shape index (κ3) is 4.21. The Hall–Kier alpha value is -1.08. The van der Waals surface area contributed by atoms with E-state index in [1.807, 2.05) is 29.6 Å². The molecular weight excluding hydrogens is 304 g/mol. The van der Waals surface area contributed by atoms with Gasteiger partial charge in [-0.15, -0.1) is 22.7 Å². The van der Waals surface area contributed by atoms with Crippen LogP contribution < -0.4 is 10.6 Å². The summed E-state index contributed by atoms with van der Waals surface area (Å²) in [5, 5.41) is 8.24. The lowest BCUT2D eigenvalue weighted by Gasteiger charge is -2.14. The number of hydrogen-bond acceptors (Lipinski definition) is 4. The van der Waals surface area contributed by atoms with E-state index >= 15 is 0 Å². The van der Waals surface area contributed by atoms with E-state index in [-0.39, 0.29) is 12.1 Å². The van der Waals surface area contributed by atoms with Crippen LogP contribution in [0.5, 0.6) is 0 Å². The normalized spacial score (nSPS) is 12.1. The average molecular weight is 317 g/mol. The second-order valence-corrected chi connectivity index (χ2v) is 6.37. The molecule has 0 saturated heterocycles. The lowest BCUT2D eigenvalue weighted by Crippen LogP contribution is -2.32. The van der Waals surface area contributed by atoms with Crippen LogP contribution in [0.2, 0.25) is 4.34 Å². The van der Waals surface area contributed by atoms with E-state index in [1.165, 1.54) is 22.7 Å². The summed E-state index contributed by atoms with van der Waals surface area (Å²) < 4.78 is 6.06. The molecule has 2 heterocycles. The van der Waals surface area contributed by atoms with Crippen LogP contribution in [0.1, 0.15) is 11.0 Å². The molecule has 2 rings (SSSR count). The molecule has 1 atom stereocenters. The van der Waals surface area contributed by atoms with Gasteiger partial charge in [0, 0.05) is 12.0 Å². The number of thiophene rings is 2. The summed E-state index contributed by atoms with van der Waals surface area (Å²) in [6.45, 7) is 0.393. The fourth-order valence-corrected chi connectivity index (χ4v) is 3.24. The van der Waals surface area contributed by atoms with Gasteiger partial charge in [0.2, 0.25) is 0 Å². The van der Waals surface area contributed by atoms with Crippen LogP contribution in [0.25, 0.3) is 0 Å². The van der Waals surface area contributed by atoms with Crippen LogP contribution in [-0.2, 0) is 4.74 Å². The maximum atomic E-state index is 11.7. The molecule has 0 aliphatic heterocycles. The molecule has 2 aromatic rings. The van der Waals surface area contributed by atoms with Crippen molar-refractivity contribution in [2.24, 2.45) is 0 Å². The summed E-state index contributed by atoms with van der Waals surface area (Å²) in [5.74, 6) is 0. The Morgan fingerprint density at radius 3 is 2.89 bits per heavy atom. The number of hydrogen-bond donors (Lipinski definition) is 2. The minimum absolute atomic E-state index is 0.188. The number of methoxy groups -OCH3 is 1. The van der Waals surface area contributed by atoms with Crippen LogP contribution >= 0.6 is 34.3 Å². The van der Waals surface area contributed by atoms with Crippen molar-refractivity contribution in [3.63, 3.8) is 0 Å². The Morgan fingerprint density at radius 1 is 1.47 bits per heavy atom. The van der Waals surface area contributed by atoms with Gasteiger partial charge in [-0.05, 0) is 29.6 Å². The summed E-state index contributed by atoms with van der Waals surface area (Å²) in [5.41, 5.74) is 0. The van der Waals surface area contributed by atoms with Crippen molar-refractivity contribution in [3.05, 3.63) is 38.9 Å². The largest absolute Gasteiger partial charge is 0.374 e. The third-order valence-corrected chi connectivity index (χ3v) is 4.51. The van der Waals surface area contributed by atoms with Gasteiger partial charge in [0.25, 0.3) is 0 Å². The number of rotatable bonds is 5. The molecule has 0 unspecified atom stereocenters. The fourth-order valence-electron chi connectivity index (χ4n) is 1.49. The second kappa shape index (κ2) is 6.91. The summed E-state index contributed by atoms with van der Waals surface area (Å²) in [4.78, 5) is 12.7. The number of amides is 2. The highest BCUT2D eigenvalue weighted by Gasteiger charge is 2.14. The van der Waals surface area contributed by atoms with E-state index in [0.717, 1.165) is 9.88 Å². The number of nitrogens with one attached hydrogen (secondary N) is 2. The quantitative estimate of drug-likeness (QED) is 0.877. The molecule has 2 amide bonds. The van der Waals surface area contributed by atoms with Gasteiger partial charge >= 0.3 is 6.03 Å². The minimum Gasteiger partial charge on any atom is -0.374 e. The molecule has 2 N–H and O–H groups in total. The van der Waals surface area contributed by atoms with Crippen molar-refractivity contribution in [1.82, 2.24) is 5.32 Å². The molecule has 0 aliphatic carbocycles. The topological polar surface area (TPSA) is 50.4 Å². The lowest BCUT2D eigenvalue weighted by atomic mass is 10.3. The maximum absolute atomic E-state index is 11.7. The summed E-state index contributed by atoms with van der Waals surface area (Å²) in [6.07, 6.45) is -0.188. The first kappa shape index (κ1) is 14.3. The van der Waals surface area contributed by atoms with Gasteiger partial charge < -0.3 is 10.1 Å². The van der Waals surface area contributed by atoms with E-state index in [9.17, 15) is 4.79 Å². The summed E-state index contributed by atoms with van der Waals surface area (Å²) >= 11 is 8.80. The van der Waals surface area contributed by atoms with Crippen molar-refractivity contribution in [3.8, 4) is 0 Å². The first-order chi connectivity index (χ1) is 9.19. The van der Waals surface area contributed by atoms with Gasteiger partial charge in [0.05, 0.1) is 15.9 Å². The molecule has 102 valence electrons. The fraction of sp³-hybridized carbons (Fsp3) is 0.250. The Morgan fingerprint density at radius 2 is 2.32 bits per heavy atom. The van der Waals surface area contributed by atoms with Crippen molar-refractivity contribution >= 4 is 45.3 Å². The predicted molar refractivity (Wildman–Crippen MR) is 80.4 cm³/mol. The van der Waals surface area contributed by atoms with Crippen molar-refractivity contribution in [2.75, 3.05) is 19.0 Å². The van der Waals surface area contributed by atoms with Gasteiger partial charge in [0.1, 0.15) is 6.10 Å². The Labute approximate surface area is 124 Å². The van der Waals surface area contributed by atoms with E-state index in [1.54, 1.807) is 7.11 Å². The smallest absolute Gasteiger partial charge is 0.319 e. The number of carbonyl (C=O) groups is 1. The number of ether oxygens (including phenoxy) is 1. The molecule has 0 aliphatic rings. The van der Waals surface area contributed by atoms with Crippen LogP contribution in [0, 0.1) is 0 Å². The zero-order valence-electron chi connectivity index (χ0n) is 10.2. The number of halogens is 1. The van der Waals surface area contributed by atoms with Crippen LogP contribution in [0.3, 0.4) is 0 Å². The first-order valence-electron chi connectivity index (χ1n) is 5.55. The van der Waals surface area contributed by atoms with Crippen molar-refractivity contribution in [2.45, 2.75) is 6.10 Å². The highest BCUT2D eigenvalue weighted by atomic mass is 35.5. The van der Waals surface area contributed by atoms with Gasteiger partial charge in [-0.25, -0.2) is 4.79 Å². The number of carbonyl (C=O) groups excluding carboxylic acids is 1. The van der Waals surface area contributed by atoms with E-state index in [4.69, 9.17) is 16.3 Å². The monoisotopic (exact) mass is 316 g/mol. The van der Waals surface area contributed by atoms with Gasteiger partial charge in [-0.3, -0.25) is 5.32 Å². The zero-order valence-corrected chi connectivity index (χ0v) is 12.6. The Balaban J connectivity index is 1.84. The van der Waals surface area contributed by atoms with E-state index in [2.05, 4.69) is 10.6 Å². The molecule has 2 aromatic heterocycles. The van der Waals surface area contributed by atoms with Crippen LogP contribution in [-0.4, -0.2) is 19.7 Å². The molecule has 4 nitrogen and oxygen atoms in total. The lowest BCUT2D eigenvalue weighted by molar-refractivity contribution is 0.107. The molecule has 0 saturated carbocycles. The molecule has 7 heteroatoms. The Bertz CT molecular complexity index is 528. The molecule has 0 radical (unpaired) electrons. The molecule has 0 fully saturated rings. The third-order valence-electron chi connectivity index (χ3n) is 2.40. The first-order valence-corrected chi connectivity index (χ1v) is 7.63. The van der Waals surface area contributed by atoms with Gasteiger partial charge in [-0.1, -0.05) is 11.6 Å². The second-order valence-electron chi connectivity index (χ2n) is 3.68. The summed E-state index contributed by atoms with van der Waals surface area (Å²) in [7, 11) is 1.61. The van der Waals surface area contributed by atoms with Gasteiger partial charge in [0.15, 0.2) is 0 Å². The SMILES string of the molecule is CO[C@@H](CNC(=O)Nc1cccs1)c1ccc(Cl)s1. The zero-order chi connectivity index (χ0) is 13.7. The highest BCUT2D eigenvalue weighted by molar-refractivity contribution is 7.16. The standard InChI is InChI=1S/C12H13ClN2O2S2/c1-17-8(9-4-5-10(13)19-9)7-14-12(16)15-11-3-2-6-18-11/h2-6,8H,7H2,1H3,(H2,14,15,16)/t8-/m0/s1. The van der Waals surface area contributed by atoms with Crippen molar-refractivity contribution in [1.29, 1.82) is 0 Å².